The highest BCUT2D eigenvalue weighted by molar-refractivity contribution is 6.30. The summed E-state index contributed by atoms with van der Waals surface area (Å²) in [6.07, 6.45) is 2.76. The summed E-state index contributed by atoms with van der Waals surface area (Å²) in [4.78, 5) is 29.1. The maximum Gasteiger partial charge on any atom is 0.262 e. The van der Waals surface area contributed by atoms with Crippen molar-refractivity contribution < 1.29 is 9.59 Å². The number of rotatable bonds is 5. The molecule has 3 aromatic rings. The van der Waals surface area contributed by atoms with Gasteiger partial charge in [0.2, 0.25) is 0 Å². The monoisotopic (exact) mass is 397 g/mol. The molecule has 0 bridgehead atoms. The summed E-state index contributed by atoms with van der Waals surface area (Å²) in [6, 6.07) is 9.38. The van der Waals surface area contributed by atoms with E-state index < -0.39 is 11.8 Å². The molecule has 3 rings (SSSR count). The third kappa shape index (κ3) is 4.15. The van der Waals surface area contributed by atoms with E-state index in [4.69, 9.17) is 22.7 Å². The Morgan fingerprint density at radius 1 is 1.04 bits per heavy atom. The minimum atomic E-state index is -0.481. The first kappa shape index (κ1) is 19.1. The Labute approximate surface area is 165 Å². The smallest absolute Gasteiger partial charge is 0.262 e. The third-order valence-electron chi connectivity index (χ3n) is 3.84. The first-order chi connectivity index (χ1) is 13.3. The fourth-order valence-electron chi connectivity index (χ4n) is 2.37. The summed E-state index contributed by atoms with van der Waals surface area (Å²) in [5.74, 6) is -0.460. The number of aromatic nitrogens is 3. The Kier molecular flexibility index (Phi) is 5.37. The Hall–Kier alpha value is -3.72. The van der Waals surface area contributed by atoms with Crippen molar-refractivity contribution in [2.75, 3.05) is 10.6 Å². The molecule has 0 aliphatic carbocycles. The molecule has 10 heteroatoms. The van der Waals surface area contributed by atoms with Crippen LogP contribution >= 0.6 is 11.6 Å². The van der Waals surface area contributed by atoms with Crippen LogP contribution in [-0.4, -0.2) is 32.4 Å². The van der Waals surface area contributed by atoms with E-state index in [1.807, 2.05) is 0 Å². The molecule has 2 heterocycles. The average molecular weight is 398 g/mol. The lowest BCUT2D eigenvalue weighted by atomic mass is 10.1. The Bertz CT molecular complexity index is 1040. The van der Waals surface area contributed by atoms with Gasteiger partial charge in [0.15, 0.2) is 0 Å². The van der Waals surface area contributed by atoms with E-state index in [-0.39, 0.29) is 17.2 Å². The van der Waals surface area contributed by atoms with Gasteiger partial charge in [0.1, 0.15) is 23.0 Å². The number of amides is 2. The summed E-state index contributed by atoms with van der Waals surface area (Å²) in [7, 11) is 1.60. The van der Waals surface area contributed by atoms with Crippen molar-refractivity contribution in [3.05, 3.63) is 70.5 Å². The van der Waals surface area contributed by atoms with Gasteiger partial charge in [-0.05, 0) is 24.3 Å². The van der Waals surface area contributed by atoms with Gasteiger partial charge in [-0.3, -0.25) is 19.7 Å². The molecule has 28 heavy (non-hydrogen) atoms. The molecule has 2 amide bonds. The molecule has 2 aromatic heterocycles. The van der Waals surface area contributed by atoms with Crippen LogP contribution in [0.5, 0.6) is 0 Å². The van der Waals surface area contributed by atoms with Crippen LogP contribution in [0.2, 0.25) is 5.02 Å². The van der Waals surface area contributed by atoms with Crippen LogP contribution in [0.3, 0.4) is 0 Å². The van der Waals surface area contributed by atoms with Gasteiger partial charge in [0.05, 0.1) is 11.2 Å². The minimum Gasteiger partial charge on any atom is -0.384 e. The van der Waals surface area contributed by atoms with Crippen LogP contribution in [0.25, 0.3) is 0 Å². The quantitative estimate of drug-likeness (QED) is 0.386. The van der Waals surface area contributed by atoms with Gasteiger partial charge in [-0.15, -0.1) is 0 Å². The SMILES string of the molecule is Cn1ncc(C(=O)Nc2ccc(Cl)cn2)c1NC(=O)c1ccc(C(=N)N)cc1. The molecule has 0 radical (unpaired) electrons. The highest BCUT2D eigenvalue weighted by Gasteiger charge is 2.19. The predicted octanol–water partition coefficient (Wildman–Crippen LogP) is 2.26. The molecule has 0 aliphatic heterocycles. The standard InChI is InChI=1S/C18H16ClN7O2/c1-26-16(25-17(27)11-4-2-10(3-5-11)15(20)21)13(9-23-26)18(28)24-14-7-6-12(19)8-22-14/h2-9H,1H3,(H3,20,21)(H,25,27)(H,22,24,28). The third-order valence-corrected chi connectivity index (χ3v) is 4.07. The fourth-order valence-corrected chi connectivity index (χ4v) is 2.48. The molecule has 5 N–H and O–H groups in total. The van der Waals surface area contributed by atoms with Crippen molar-refractivity contribution in [1.82, 2.24) is 14.8 Å². The number of carbonyl (C=O) groups is 2. The zero-order valence-electron chi connectivity index (χ0n) is 14.7. The summed E-state index contributed by atoms with van der Waals surface area (Å²) in [5, 5.41) is 17.2. The molecule has 0 fully saturated rings. The number of nitrogen functional groups attached to an aromatic ring is 1. The molecule has 0 saturated carbocycles. The second-order valence-electron chi connectivity index (χ2n) is 5.79. The number of benzene rings is 1. The number of nitrogens with two attached hydrogens (primary N) is 1. The Morgan fingerprint density at radius 2 is 1.71 bits per heavy atom. The predicted molar refractivity (Wildman–Crippen MR) is 106 cm³/mol. The minimum absolute atomic E-state index is 0.0895. The molecule has 0 atom stereocenters. The highest BCUT2D eigenvalue weighted by atomic mass is 35.5. The number of hydrogen-bond donors (Lipinski definition) is 4. The van der Waals surface area contributed by atoms with E-state index in [2.05, 4.69) is 20.7 Å². The number of pyridine rings is 1. The largest absolute Gasteiger partial charge is 0.384 e. The van der Waals surface area contributed by atoms with Gasteiger partial charge in [0, 0.05) is 24.4 Å². The van der Waals surface area contributed by atoms with Crippen molar-refractivity contribution in [2.45, 2.75) is 0 Å². The van der Waals surface area contributed by atoms with E-state index >= 15 is 0 Å². The van der Waals surface area contributed by atoms with E-state index in [1.54, 1.807) is 43.4 Å². The number of carbonyl (C=O) groups excluding carboxylic acids is 2. The molecule has 142 valence electrons. The maximum atomic E-state index is 12.5. The number of amidine groups is 1. The second kappa shape index (κ2) is 7.89. The summed E-state index contributed by atoms with van der Waals surface area (Å²) >= 11 is 5.78. The van der Waals surface area contributed by atoms with Gasteiger partial charge in [0.25, 0.3) is 11.8 Å². The number of hydrogen-bond acceptors (Lipinski definition) is 5. The van der Waals surface area contributed by atoms with Gasteiger partial charge in [-0.2, -0.15) is 5.10 Å². The number of halogens is 1. The van der Waals surface area contributed by atoms with Gasteiger partial charge in [-0.1, -0.05) is 23.7 Å². The van der Waals surface area contributed by atoms with Crippen LogP contribution in [-0.2, 0) is 7.05 Å². The average Bonchev–Trinajstić information content (AvgIpc) is 3.04. The molecule has 9 nitrogen and oxygen atoms in total. The van der Waals surface area contributed by atoms with E-state index in [1.165, 1.54) is 17.1 Å². The van der Waals surface area contributed by atoms with Crippen LogP contribution < -0.4 is 16.4 Å². The van der Waals surface area contributed by atoms with Crippen molar-refractivity contribution >= 4 is 40.9 Å². The molecule has 1 aromatic carbocycles. The molecular weight excluding hydrogens is 382 g/mol. The topological polar surface area (TPSA) is 139 Å². The fraction of sp³-hybridized carbons (Fsp3) is 0.0556. The van der Waals surface area contributed by atoms with Gasteiger partial charge in [-0.25, -0.2) is 4.98 Å². The van der Waals surface area contributed by atoms with Crippen molar-refractivity contribution in [3.8, 4) is 0 Å². The molecule has 0 spiro atoms. The lowest BCUT2D eigenvalue weighted by Crippen LogP contribution is -2.20. The lowest BCUT2D eigenvalue weighted by Gasteiger charge is -2.09. The maximum absolute atomic E-state index is 12.5. The second-order valence-corrected chi connectivity index (χ2v) is 6.23. The van der Waals surface area contributed by atoms with Crippen molar-refractivity contribution in [3.63, 3.8) is 0 Å². The zero-order valence-corrected chi connectivity index (χ0v) is 15.5. The summed E-state index contributed by atoms with van der Waals surface area (Å²) in [5.41, 5.74) is 6.43. The Morgan fingerprint density at radius 3 is 2.32 bits per heavy atom. The van der Waals surface area contributed by atoms with Crippen LogP contribution in [0.1, 0.15) is 26.3 Å². The first-order valence-electron chi connectivity index (χ1n) is 8.06. The van der Waals surface area contributed by atoms with Crippen molar-refractivity contribution in [1.29, 1.82) is 5.41 Å². The van der Waals surface area contributed by atoms with Crippen LogP contribution in [0, 0.1) is 5.41 Å². The lowest BCUT2D eigenvalue weighted by molar-refractivity contribution is 0.102. The van der Waals surface area contributed by atoms with Gasteiger partial charge < -0.3 is 16.4 Å². The summed E-state index contributed by atoms with van der Waals surface area (Å²) in [6.45, 7) is 0. The molecule has 0 saturated heterocycles. The molecule has 0 unspecified atom stereocenters. The van der Waals surface area contributed by atoms with E-state index in [0.29, 0.717) is 22.0 Å². The Balaban J connectivity index is 1.78. The summed E-state index contributed by atoms with van der Waals surface area (Å²) < 4.78 is 1.38. The normalized spacial score (nSPS) is 10.4. The molecule has 0 aliphatic rings. The zero-order chi connectivity index (χ0) is 20.3. The van der Waals surface area contributed by atoms with E-state index in [9.17, 15) is 9.59 Å². The molecular formula is C18H16ClN7O2. The number of anilines is 2. The number of aryl methyl sites for hydroxylation is 1. The van der Waals surface area contributed by atoms with Gasteiger partial charge >= 0.3 is 0 Å². The van der Waals surface area contributed by atoms with Crippen LogP contribution in [0.15, 0.2) is 48.8 Å². The van der Waals surface area contributed by atoms with E-state index in [0.717, 1.165) is 0 Å². The van der Waals surface area contributed by atoms with Crippen molar-refractivity contribution in [2.24, 2.45) is 12.8 Å². The first-order valence-corrected chi connectivity index (χ1v) is 8.43. The number of nitrogens with zero attached hydrogens (tertiary/aromatic N) is 3. The highest BCUT2D eigenvalue weighted by Crippen LogP contribution is 2.18. The van der Waals surface area contributed by atoms with Crippen LogP contribution in [0.4, 0.5) is 11.6 Å². The number of nitrogens with one attached hydrogen (secondary N) is 3.